The van der Waals surface area contributed by atoms with E-state index in [1.165, 1.54) is 25.7 Å². The minimum Gasteiger partial charge on any atom is -0.356 e. The number of anilines is 2. The maximum Gasteiger partial charge on any atom is 0.148 e. The Hall–Kier alpha value is -1.36. The van der Waals surface area contributed by atoms with Crippen molar-refractivity contribution >= 4 is 11.6 Å². The van der Waals surface area contributed by atoms with Gasteiger partial charge in [0.1, 0.15) is 17.5 Å². The van der Waals surface area contributed by atoms with Gasteiger partial charge in [0.25, 0.3) is 0 Å². The standard InChI is InChI=1S/C16H29N5/c1-5-7-14-18-15(20-17)12(3)16(19-14)21(4)13-9-6-8-11(2)10-13/h11,13H,5-10,17H2,1-4H3,(H,18,19,20). The first-order valence-electron chi connectivity index (χ1n) is 8.13. The fraction of sp³-hybridized carbons (Fsp3) is 0.750. The maximum absolute atomic E-state index is 5.63. The van der Waals surface area contributed by atoms with Crippen molar-refractivity contribution in [2.75, 3.05) is 17.4 Å². The molecule has 0 radical (unpaired) electrons. The largest absolute Gasteiger partial charge is 0.356 e. The lowest BCUT2D eigenvalue weighted by Crippen LogP contribution is -2.37. The van der Waals surface area contributed by atoms with Crippen LogP contribution in [0.3, 0.4) is 0 Å². The predicted molar refractivity (Wildman–Crippen MR) is 88.4 cm³/mol. The van der Waals surface area contributed by atoms with Crippen LogP contribution in [-0.4, -0.2) is 23.1 Å². The summed E-state index contributed by atoms with van der Waals surface area (Å²) in [6.07, 6.45) is 7.08. The quantitative estimate of drug-likeness (QED) is 0.645. The Morgan fingerprint density at radius 1 is 1.33 bits per heavy atom. The lowest BCUT2D eigenvalue weighted by molar-refractivity contribution is 0.335. The Morgan fingerprint density at radius 2 is 2.10 bits per heavy atom. The van der Waals surface area contributed by atoms with E-state index in [4.69, 9.17) is 10.8 Å². The Bertz CT molecular complexity index is 474. The zero-order valence-electron chi connectivity index (χ0n) is 13.8. The van der Waals surface area contributed by atoms with E-state index in [1.807, 2.05) is 6.92 Å². The van der Waals surface area contributed by atoms with Crippen LogP contribution in [0.2, 0.25) is 0 Å². The number of hydrazine groups is 1. The van der Waals surface area contributed by atoms with Crippen LogP contribution in [0.1, 0.15) is 57.3 Å². The monoisotopic (exact) mass is 291 g/mol. The highest BCUT2D eigenvalue weighted by molar-refractivity contribution is 5.58. The molecule has 0 aliphatic heterocycles. The smallest absolute Gasteiger partial charge is 0.148 e. The first-order chi connectivity index (χ1) is 10.1. The molecule has 0 amide bonds. The van der Waals surface area contributed by atoms with E-state index >= 15 is 0 Å². The van der Waals surface area contributed by atoms with Crippen molar-refractivity contribution in [3.63, 3.8) is 0 Å². The van der Waals surface area contributed by atoms with Crippen LogP contribution in [0.4, 0.5) is 11.6 Å². The molecule has 0 spiro atoms. The van der Waals surface area contributed by atoms with E-state index in [0.29, 0.717) is 6.04 Å². The molecule has 5 nitrogen and oxygen atoms in total. The number of nitrogens with zero attached hydrogens (tertiary/aromatic N) is 3. The van der Waals surface area contributed by atoms with E-state index < -0.39 is 0 Å². The minimum absolute atomic E-state index is 0.572. The molecule has 1 aliphatic carbocycles. The van der Waals surface area contributed by atoms with Gasteiger partial charge in [0, 0.05) is 25.1 Å². The molecule has 0 saturated heterocycles. The van der Waals surface area contributed by atoms with Crippen molar-refractivity contribution in [2.45, 2.75) is 65.3 Å². The van der Waals surface area contributed by atoms with Gasteiger partial charge in [-0.2, -0.15) is 0 Å². The molecule has 3 N–H and O–H groups in total. The zero-order chi connectivity index (χ0) is 15.4. The Labute approximate surface area is 128 Å². The van der Waals surface area contributed by atoms with Crippen LogP contribution in [0.25, 0.3) is 0 Å². The topological polar surface area (TPSA) is 67.1 Å². The summed E-state index contributed by atoms with van der Waals surface area (Å²) >= 11 is 0. The normalized spacial score (nSPS) is 22.1. The summed E-state index contributed by atoms with van der Waals surface area (Å²) in [4.78, 5) is 11.6. The Balaban J connectivity index is 2.29. The lowest BCUT2D eigenvalue weighted by Gasteiger charge is -2.35. The van der Waals surface area contributed by atoms with Gasteiger partial charge in [0.2, 0.25) is 0 Å². The van der Waals surface area contributed by atoms with Crippen LogP contribution in [-0.2, 0) is 6.42 Å². The maximum atomic E-state index is 5.63. The number of aryl methyl sites for hydroxylation is 1. The molecule has 0 aromatic carbocycles. The third kappa shape index (κ3) is 3.64. The molecular weight excluding hydrogens is 262 g/mol. The summed E-state index contributed by atoms with van der Waals surface area (Å²) in [6.45, 7) is 6.54. The van der Waals surface area contributed by atoms with Crippen LogP contribution >= 0.6 is 0 Å². The fourth-order valence-electron chi connectivity index (χ4n) is 3.30. The van der Waals surface area contributed by atoms with Gasteiger partial charge in [-0.25, -0.2) is 15.8 Å². The molecular formula is C16H29N5. The molecule has 1 aromatic rings. The van der Waals surface area contributed by atoms with E-state index in [-0.39, 0.29) is 0 Å². The van der Waals surface area contributed by atoms with Gasteiger partial charge in [-0.05, 0) is 32.1 Å². The van der Waals surface area contributed by atoms with Gasteiger partial charge in [0.05, 0.1) is 0 Å². The number of hydrogen-bond acceptors (Lipinski definition) is 5. The van der Waals surface area contributed by atoms with Crippen molar-refractivity contribution in [3.8, 4) is 0 Å². The van der Waals surface area contributed by atoms with E-state index in [2.05, 4.69) is 36.2 Å². The van der Waals surface area contributed by atoms with Crippen molar-refractivity contribution < 1.29 is 0 Å². The van der Waals surface area contributed by atoms with Crippen LogP contribution in [0.15, 0.2) is 0 Å². The molecule has 1 aromatic heterocycles. The zero-order valence-corrected chi connectivity index (χ0v) is 13.8. The van der Waals surface area contributed by atoms with Gasteiger partial charge < -0.3 is 10.3 Å². The summed E-state index contributed by atoms with van der Waals surface area (Å²) in [5, 5.41) is 0. The molecule has 2 atom stereocenters. The number of aromatic nitrogens is 2. The number of nitrogens with one attached hydrogen (secondary N) is 1. The second kappa shape index (κ2) is 7.07. The third-order valence-electron chi connectivity index (χ3n) is 4.57. The van der Waals surface area contributed by atoms with Crippen LogP contribution < -0.4 is 16.2 Å². The molecule has 2 unspecified atom stereocenters. The van der Waals surface area contributed by atoms with Crippen molar-refractivity contribution in [1.82, 2.24) is 9.97 Å². The van der Waals surface area contributed by atoms with Gasteiger partial charge >= 0.3 is 0 Å². The summed E-state index contributed by atoms with van der Waals surface area (Å²) in [5.41, 5.74) is 3.76. The first-order valence-corrected chi connectivity index (χ1v) is 8.13. The van der Waals surface area contributed by atoms with Crippen molar-refractivity contribution in [2.24, 2.45) is 11.8 Å². The Morgan fingerprint density at radius 3 is 2.71 bits per heavy atom. The fourth-order valence-corrected chi connectivity index (χ4v) is 3.30. The number of rotatable bonds is 5. The van der Waals surface area contributed by atoms with Crippen molar-refractivity contribution in [1.29, 1.82) is 0 Å². The van der Waals surface area contributed by atoms with Crippen LogP contribution in [0.5, 0.6) is 0 Å². The van der Waals surface area contributed by atoms with Gasteiger partial charge in [-0.1, -0.05) is 26.7 Å². The molecule has 21 heavy (non-hydrogen) atoms. The minimum atomic E-state index is 0.572. The second-order valence-electron chi connectivity index (χ2n) is 6.37. The molecule has 1 fully saturated rings. The summed E-state index contributed by atoms with van der Waals surface area (Å²) in [6, 6.07) is 0.572. The Kier molecular flexibility index (Phi) is 5.39. The van der Waals surface area contributed by atoms with E-state index in [0.717, 1.165) is 41.8 Å². The molecule has 0 bridgehead atoms. The summed E-state index contributed by atoms with van der Waals surface area (Å²) < 4.78 is 0. The molecule has 1 saturated carbocycles. The summed E-state index contributed by atoms with van der Waals surface area (Å²) in [7, 11) is 2.16. The molecule has 1 aliphatic rings. The number of nitrogens with two attached hydrogens (primary N) is 1. The average molecular weight is 291 g/mol. The first kappa shape index (κ1) is 16.0. The molecule has 1 heterocycles. The van der Waals surface area contributed by atoms with Gasteiger partial charge in [0.15, 0.2) is 0 Å². The SMILES string of the molecule is CCCc1nc(NN)c(C)c(N(C)C2CCCC(C)C2)n1. The molecule has 5 heteroatoms. The summed E-state index contributed by atoms with van der Waals surface area (Å²) in [5.74, 6) is 9.08. The third-order valence-corrected chi connectivity index (χ3v) is 4.57. The van der Waals surface area contributed by atoms with Gasteiger partial charge in [-0.15, -0.1) is 0 Å². The van der Waals surface area contributed by atoms with Crippen LogP contribution in [0, 0.1) is 12.8 Å². The lowest BCUT2D eigenvalue weighted by atomic mass is 9.86. The highest BCUT2D eigenvalue weighted by Crippen LogP contribution is 2.31. The van der Waals surface area contributed by atoms with Gasteiger partial charge in [-0.3, -0.25) is 0 Å². The second-order valence-corrected chi connectivity index (χ2v) is 6.37. The molecule has 2 rings (SSSR count). The van der Waals surface area contributed by atoms with E-state index in [9.17, 15) is 0 Å². The van der Waals surface area contributed by atoms with Crippen molar-refractivity contribution in [3.05, 3.63) is 11.4 Å². The van der Waals surface area contributed by atoms with E-state index in [1.54, 1.807) is 0 Å². The average Bonchev–Trinajstić information content (AvgIpc) is 2.48. The molecule has 118 valence electrons. The highest BCUT2D eigenvalue weighted by atomic mass is 15.3. The number of hydrogen-bond donors (Lipinski definition) is 2. The highest BCUT2D eigenvalue weighted by Gasteiger charge is 2.25. The number of nitrogen functional groups attached to an aromatic ring is 1. The predicted octanol–water partition coefficient (Wildman–Crippen LogP) is 3.04.